The Morgan fingerprint density at radius 3 is 2.61 bits per heavy atom. The second kappa shape index (κ2) is 9.03. The minimum atomic E-state index is -0.538. The Morgan fingerprint density at radius 1 is 1.14 bits per heavy atom. The third-order valence-corrected chi connectivity index (χ3v) is 7.08. The molecule has 4 heterocycles. The third kappa shape index (κ3) is 4.04. The van der Waals surface area contributed by atoms with E-state index < -0.39 is 17.2 Å². The molecule has 1 saturated heterocycles. The molecule has 0 radical (unpaired) electrons. The molecule has 186 valence electrons. The van der Waals surface area contributed by atoms with Crippen molar-refractivity contribution >= 4 is 45.1 Å². The number of fused-ring (bicyclic) bond motifs is 1. The standard InChI is InChI=1S/C22H22N8O5S/c1-27-18-17(20(33)28(2)22(27)34)29(11-23-18)10-15(31)24-21-26-25-19(36-21)12-8-16(32)30(9-12)13-4-6-14(35-3)7-5-13/h4-7,11-12H,8-10H2,1-3H3,(H,24,26,31). The molecular weight excluding hydrogens is 488 g/mol. The summed E-state index contributed by atoms with van der Waals surface area (Å²) in [6, 6.07) is 7.26. The van der Waals surface area contributed by atoms with Gasteiger partial charge in [-0.2, -0.15) is 0 Å². The molecule has 2 amide bonds. The molecule has 0 spiro atoms. The van der Waals surface area contributed by atoms with E-state index in [0.29, 0.717) is 17.3 Å². The lowest BCUT2D eigenvalue weighted by Gasteiger charge is -2.16. The van der Waals surface area contributed by atoms with Crippen molar-refractivity contribution in [1.82, 2.24) is 28.9 Å². The summed E-state index contributed by atoms with van der Waals surface area (Å²) in [6.45, 7) is 0.253. The van der Waals surface area contributed by atoms with Crippen molar-refractivity contribution in [3.63, 3.8) is 0 Å². The van der Waals surface area contributed by atoms with Crippen molar-refractivity contribution in [3.05, 3.63) is 56.4 Å². The van der Waals surface area contributed by atoms with E-state index in [4.69, 9.17) is 4.74 Å². The number of aromatic nitrogens is 6. The molecule has 0 aliphatic carbocycles. The summed E-state index contributed by atoms with van der Waals surface area (Å²) in [5.74, 6) is 0.105. The van der Waals surface area contributed by atoms with E-state index in [1.807, 2.05) is 12.1 Å². The van der Waals surface area contributed by atoms with Crippen LogP contribution in [-0.2, 0) is 30.2 Å². The number of rotatable bonds is 6. The van der Waals surface area contributed by atoms with E-state index >= 15 is 0 Å². The number of amides is 2. The number of methoxy groups -OCH3 is 1. The molecule has 36 heavy (non-hydrogen) atoms. The Labute approximate surface area is 207 Å². The lowest BCUT2D eigenvalue weighted by atomic mass is 10.1. The van der Waals surface area contributed by atoms with Gasteiger partial charge in [-0.05, 0) is 24.3 Å². The number of hydrogen-bond acceptors (Lipinski definition) is 9. The first-order valence-electron chi connectivity index (χ1n) is 11.0. The first kappa shape index (κ1) is 23.4. The number of anilines is 2. The van der Waals surface area contributed by atoms with Crippen molar-refractivity contribution in [1.29, 1.82) is 0 Å². The van der Waals surface area contributed by atoms with Crippen LogP contribution in [0.4, 0.5) is 10.8 Å². The zero-order valence-corrected chi connectivity index (χ0v) is 20.5. The predicted molar refractivity (Wildman–Crippen MR) is 131 cm³/mol. The third-order valence-electron chi connectivity index (χ3n) is 6.08. The average Bonchev–Trinajstić information content (AvgIpc) is 3.60. The number of nitrogens with one attached hydrogen (secondary N) is 1. The second-order valence-corrected chi connectivity index (χ2v) is 9.36. The van der Waals surface area contributed by atoms with Gasteiger partial charge in [0.05, 0.1) is 13.4 Å². The number of benzene rings is 1. The zero-order valence-electron chi connectivity index (χ0n) is 19.7. The van der Waals surface area contributed by atoms with E-state index in [2.05, 4.69) is 20.5 Å². The van der Waals surface area contributed by atoms with Crippen LogP contribution in [0.15, 0.2) is 40.2 Å². The lowest BCUT2D eigenvalue weighted by Crippen LogP contribution is -2.37. The van der Waals surface area contributed by atoms with Gasteiger partial charge in [-0.25, -0.2) is 9.78 Å². The van der Waals surface area contributed by atoms with Crippen LogP contribution in [0.1, 0.15) is 17.3 Å². The molecule has 1 aromatic carbocycles. The Bertz CT molecular complexity index is 1600. The maximum atomic E-state index is 12.7. The minimum absolute atomic E-state index is 0.0195. The Morgan fingerprint density at radius 2 is 1.89 bits per heavy atom. The fourth-order valence-corrected chi connectivity index (χ4v) is 5.02. The average molecular weight is 511 g/mol. The van der Waals surface area contributed by atoms with Gasteiger partial charge >= 0.3 is 5.69 Å². The number of carbonyl (C=O) groups excluding carboxylic acids is 2. The van der Waals surface area contributed by atoms with Crippen LogP contribution in [0, 0.1) is 0 Å². The van der Waals surface area contributed by atoms with Gasteiger partial charge in [0.15, 0.2) is 11.2 Å². The summed E-state index contributed by atoms with van der Waals surface area (Å²) in [4.78, 5) is 55.7. The molecule has 4 aromatic rings. The zero-order chi connectivity index (χ0) is 25.6. The van der Waals surface area contributed by atoms with Crippen molar-refractivity contribution in [2.45, 2.75) is 18.9 Å². The topological polar surface area (TPSA) is 146 Å². The van der Waals surface area contributed by atoms with Crippen LogP contribution in [0.2, 0.25) is 0 Å². The van der Waals surface area contributed by atoms with Gasteiger partial charge < -0.3 is 14.2 Å². The number of ether oxygens (including phenoxy) is 1. The van der Waals surface area contributed by atoms with Gasteiger partial charge in [0.25, 0.3) is 5.56 Å². The lowest BCUT2D eigenvalue weighted by molar-refractivity contribution is -0.117. The molecule has 14 heteroatoms. The van der Waals surface area contributed by atoms with E-state index in [1.54, 1.807) is 24.1 Å². The molecule has 5 rings (SSSR count). The summed E-state index contributed by atoms with van der Waals surface area (Å²) in [6.07, 6.45) is 1.63. The summed E-state index contributed by atoms with van der Waals surface area (Å²) >= 11 is 1.20. The largest absolute Gasteiger partial charge is 0.497 e. The monoisotopic (exact) mass is 510 g/mol. The maximum absolute atomic E-state index is 12.7. The number of imidazole rings is 1. The summed E-state index contributed by atoms with van der Waals surface area (Å²) in [7, 11) is 4.46. The Hall–Kier alpha value is -4.33. The van der Waals surface area contributed by atoms with E-state index in [9.17, 15) is 19.2 Å². The van der Waals surface area contributed by atoms with Crippen LogP contribution in [0.25, 0.3) is 11.2 Å². The molecule has 0 bridgehead atoms. The highest BCUT2D eigenvalue weighted by Gasteiger charge is 2.34. The molecule has 1 aliphatic rings. The van der Waals surface area contributed by atoms with Crippen LogP contribution >= 0.6 is 11.3 Å². The van der Waals surface area contributed by atoms with Crippen LogP contribution < -0.4 is 26.2 Å². The first-order chi connectivity index (χ1) is 17.3. The van der Waals surface area contributed by atoms with E-state index in [-0.39, 0.29) is 41.1 Å². The Balaban J connectivity index is 1.28. The molecule has 3 aromatic heterocycles. The summed E-state index contributed by atoms with van der Waals surface area (Å²) in [5.41, 5.74) is 0.0817. The van der Waals surface area contributed by atoms with Crippen LogP contribution in [0.5, 0.6) is 5.75 Å². The fourth-order valence-electron chi connectivity index (χ4n) is 4.17. The number of carbonyl (C=O) groups is 2. The highest BCUT2D eigenvalue weighted by Crippen LogP contribution is 2.34. The smallest absolute Gasteiger partial charge is 0.332 e. The molecule has 1 N–H and O–H groups in total. The highest BCUT2D eigenvalue weighted by molar-refractivity contribution is 7.15. The SMILES string of the molecule is COc1ccc(N2CC(c3nnc(NC(=O)Cn4cnc5c4c(=O)n(C)c(=O)n5C)s3)CC2=O)cc1. The Kier molecular flexibility index (Phi) is 5.88. The normalized spacial score (nSPS) is 15.6. The fraction of sp³-hybridized carbons (Fsp3) is 0.318. The van der Waals surface area contributed by atoms with Gasteiger partial charge in [0.2, 0.25) is 16.9 Å². The molecule has 13 nitrogen and oxygen atoms in total. The van der Waals surface area contributed by atoms with Crippen molar-refractivity contribution in [2.24, 2.45) is 14.1 Å². The van der Waals surface area contributed by atoms with Gasteiger partial charge in [-0.3, -0.25) is 28.8 Å². The highest BCUT2D eigenvalue weighted by atomic mass is 32.1. The van der Waals surface area contributed by atoms with Crippen LogP contribution in [0.3, 0.4) is 0 Å². The summed E-state index contributed by atoms with van der Waals surface area (Å²) < 4.78 is 8.77. The molecule has 1 aliphatic heterocycles. The second-order valence-electron chi connectivity index (χ2n) is 8.35. The molecule has 1 atom stereocenters. The molecule has 1 unspecified atom stereocenters. The van der Waals surface area contributed by atoms with Crippen molar-refractivity contribution in [3.8, 4) is 5.75 Å². The van der Waals surface area contributed by atoms with Gasteiger partial charge in [-0.15, -0.1) is 10.2 Å². The molecule has 1 fully saturated rings. The number of hydrogen-bond donors (Lipinski definition) is 1. The van der Waals surface area contributed by atoms with Crippen molar-refractivity contribution in [2.75, 3.05) is 23.9 Å². The maximum Gasteiger partial charge on any atom is 0.332 e. The molecule has 0 saturated carbocycles. The first-order valence-corrected chi connectivity index (χ1v) is 11.8. The van der Waals surface area contributed by atoms with E-state index in [1.165, 1.54) is 40.9 Å². The van der Waals surface area contributed by atoms with Crippen LogP contribution in [-0.4, -0.2) is 54.4 Å². The van der Waals surface area contributed by atoms with Gasteiger partial charge in [-0.1, -0.05) is 11.3 Å². The summed E-state index contributed by atoms with van der Waals surface area (Å²) in [5, 5.41) is 11.8. The van der Waals surface area contributed by atoms with Crippen molar-refractivity contribution < 1.29 is 14.3 Å². The quantitative estimate of drug-likeness (QED) is 0.393. The predicted octanol–water partition coefficient (Wildman–Crippen LogP) is 0.453. The minimum Gasteiger partial charge on any atom is -0.497 e. The van der Waals surface area contributed by atoms with Gasteiger partial charge in [0, 0.05) is 38.7 Å². The van der Waals surface area contributed by atoms with Gasteiger partial charge in [0.1, 0.15) is 17.3 Å². The van der Waals surface area contributed by atoms with E-state index in [0.717, 1.165) is 10.3 Å². The molecular formula is C22H22N8O5S. The number of aryl methyl sites for hydroxylation is 1. The number of nitrogens with zero attached hydrogens (tertiary/aromatic N) is 7.